The van der Waals surface area contributed by atoms with Gasteiger partial charge in [-0.2, -0.15) is 0 Å². The molecule has 138 valence electrons. The maximum absolute atomic E-state index is 12.0. The molecule has 7 heteroatoms. The van der Waals surface area contributed by atoms with Gasteiger partial charge in [-0.05, 0) is 38.9 Å². The highest BCUT2D eigenvalue weighted by molar-refractivity contribution is 5.95. The number of nitrogens with zero attached hydrogens (tertiary/aromatic N) is 1. The molecular formula is C18H28N4O3. The summed E-state index contributed by atoms with van der Waals surface area (Å²) in [6, 6.07) is 7.61. The maximum atomic E-state index is 12.0. The van der Waals surface area contributed by atoms with Crippen LogP contribution in [-0.4, -0.2) is 55.3 Å². The molecule has 1 aromatic rings. The molecule has 0 aliphatic rings. The van der Waals surface area contributed by atoms with Crippen molar-refractivity contribution in [2.75, 3.05) is 32.0 Å². The van der Waals surface area contributed by atoms with E-state index in [0.29, 0.717) is 0 Å². The molecule has 0 atom stereocenters. The Morgan fingerprint density at radius 3 is 2.32 bits per heavy atom. The zero-order valence-corrected chi connectivity index (χ0v) is 15.4. The number of amides is 3. The number of aryl methyl sites for hydroxylation is 1. The van der Waals surface area contributed by atoms with Crippen molar-refractivity contribution in [2.45, 2.75) is 33.2 Å². The van der Waals surface area contributed by atoms with Gasteiger partial charge in [-0.25, -0.2) is 0 Å². The smallest absolute Gasteiger partial charge is 0.243 e. The fourth-order valence-corrected chi connectivity index (χ4v) is 2.29. The number of hydrogen-bond donors (Lipinski definition) is 3. The average Bonchev–Trinajstić information content (AvgIpc) is 2.52. The van der Waals surface area contributed by atoms with Crippen molar-refractivity contribution in [2.24, 2.45) is 0 Å². The second kappa shape index (κ2) is 10.5. The van der Waals surface area contributed by atoms with Crippen molar-refractivity contribution < 1.29 is 14.4 Å². The molecule has 0 aromatic heterocycles. The number of rotatable bonds is 9. The summed E-state index contributed by atoms with van der Waals surface area (Å²) in [5, 5.41) is 8.11. The van der Waals surface area contributed by atoms with Crippen LogP contribution >= 0.6 is 0 Å². The minimum atomic E-state index is -0.307. The summed E-state index contributed by atoms with van der Waals surface area (Å²) in [5.41, 5.74) is 1.80. The highest BCUT2D eigenvalue weighted by atomic mass is 16.2. The Labute approximate surface area is 149 Å². The van der Waals surface area contributed by atoms with Crippen molar-refractivity contribution in [3.63, 3.8) is 0 Å². The van der Waals surface area contributed by atoms with E-state index in [1.54, 1.807) is 11.9 Å². The lowest BCUT2D eigenvalue weighted by Crippen LogP contribution is -2.43. The molecule has 3 N–H and O–H groups in total. The van der Waals surface area contributed by atoms with Crippen molar-refractivity contribution in [1.29, 1.82) is 0 Å². The molecule has 0 bridgehead atoms. The van der Waals surface area contributed by atoms with Gasteiger partial charge in [-0.15, -0.1) is 0 Å². The van der Waals surface area contributed by atoms with Gasteiger partial charge in [0.25, 0.3) is 0 Å². The minimum absolute atomic E-state index is 0.0460. The molecule has 0 aliphatic carbocycles. The summed E-state index contributed by atoms with van der Waals surface area (Å²) in [6.45, 7) is 5.83. The molecule has 7 nitrogen and oxygen atoms in total. The Morgan fingerprint density at radius 1 is 1.04 bits per heavy atom. The van der Waals surface area contributed by atoms with E-state index in [0.717, 1.165) is 17.7 Å². The molecule has 0 fully saturated rings. The van der Waals surface area contributed by atoms with Gasteiger partial charge in [0, 0.05) is 11.7 Å². The lowest BCUT2D eigenvalue weighted by atomic mass is 10.1. The number of anilines is 1. The zero-order valence-electron chi connectivity index (χ0n) is 15.4. The fourth-order valence-electron chi connectivity index (χ4n) is 2.29. The molecule has 25 heavy (non-hydrogen) atoms. The molecular weight excluding hydrogens is 320 g/mol. The van der Waals surface area contributed by atoms with Gasteiger partial charge < -0.3 is 16.0 Å². The normalized spacial score (nSPS) is 10.6. The maximum Gasteiger partial charge on any atom is 0.243 e. The topological polar surface area (TPSA) is 90.5 Å². The first-order valence-corrected chi connectivity index (χ1v) is 8.44. The molecule has 1 rings (SSSR count). The summed E-state index contributed by atoms with van der Waals surface area (Å²) < 4.78 is 0. The lowest BCUT2D eigenvalue weighted by molar-refractivity contribution is -0.126. The molecule has 0 radical (unpaired) electrons. The van der Waals surface area contributed by atoms with Crippen LogP contribution in [0.1, 0.15) is 26.3 Å². The number of carbonyl (C=O) groups is 3. The Hall–Kier alpha value is -2.41. The van der Waals surface area contributed by atoms with Gasteiger partial charge in [0.05, 0.1) is 19.6 Å². The van der Waals surface area contributed by atoms with E-state index < -0.39 is 0 Å². The highest BCUT2D eigenvalue weighted by Gasteiger charge is 2.12. The lowest BCUT2D eigenvalue weighted by Gasteiger charge is -2.17. The summed E-state index contributed by atoms with van der Waals surface area (Å²) in [6.07, 6.45) is 0.812. The van der Waals surface area contributed by atoms with E-state index in [-0.39, 0.29) is 43.4 Å². The number of hydrogen-bond acceptors (Lipinski definition) is 4. The second-order valence-electron chi connectivity index (χ2n) is 6.23. The van der Waals surface area contributed by atoms with E-state index >= 15 is 0 Å². The monoisotopic (exact) mass is 348 g/mol. The Bertz CT molecular complexity index is 602. The molecule has 3 amide bonds. The summed E-state index contributed by atoms with van der Waals surface area (Å²) >= 11 is 0. The predicted molar refractivity (Wildman–Crippen MR) is 98.2 cm³/mol. The van der Waals surface area contributed by atoms with Crippen LogP contribution in [0, 0.1) is 0 Å². The van der Waals surface area contributed by atoms with Crippen LogP contribution in [0.15, 0.2) is 24.3 Å². The standard InChI is InChI=1S/C18H28N4O3/c1-5-14-8-6-7-9-15(14)21-16(23)10-19-17(24)11-22(4)12-18(25)20-13(2)3/h6-9,13H,5,10-12H2,1-4H3,(H,19,24)(H,20,25)(H,21,23). The van der Waals surface area contributed by atoms with Gasteiger partial charge in [-0.1, -0.05) is 25.1 Å². The molecule has 0 aliphatic heterocycles. The van der Waals surface area contributed by atoms with Gasteiger partial charge in [-0.3, -0.25) is 19.3 Å². The number of benzene rings is 1. The van der Waals surface area contributed by atoms with Crippen molar-refractivity contribution >= 4 is 23.4 Å². The van der Waals surface area contributed by atoms with Crippen LogP contribution < -0.4 is 16.0 Å². The minimum Gasteiger partial charge on any atom is -0.353 e. The van der Waals surface area contributed by atoms with Gasteiger partial charge in [0.15, 0.2) is 0 Å². The summed E-state index contributed by atoms with van der Waals surface area (Å²) in [4.78, 5) is 37.1. The second-order valence-corrected chi connectivity index (χ2v) is 6.23. The van der Waals surface area contributed by atoms with Gasteiger partial charge >= 0.3 is 0 Å². The van der Waals surface area contributed by atoms with Crippen LogP contribution in [0.25, 0.3) is 0 Å². The van der Waals surface area contributed by atoms with Gasteiger partial charge in [0.2, 0.25) is 17.7 Å². The predicted octanol–water partition coefficient (Wildman–Crippen LogP) is 0.760. The van der Waals surface area contributed by atoms with E-state index in [9.17, 15) is 14.4 Å². The first kappa shape index (κ1) is 20.6. The van der Waals surface area contributed by atoms with Crippen LogP contribution in [0.4, 0.5) is 5.69 Å². The van der Waals surface area contributed by atoms with E-state index in [4.69, 9.17) is 0 Å². The number of nitrogens with one attached hydrogen (secondary N) is 3. The number of carbonyl (C=O) groups excluding carboxylic acids is 3. The van der Waals surface area contributed by atoms with Crippen molar-refractivity contribution in [1.82, 2.24) is 15.5 Å². The Morgan fingerprint density at radius 2 is 1.68 bits per heavy atom. The first-order chi connectivity index (χ1) is 11.8. The van der Waals surface area contributed by atoms with Crippen LogP contribution in [0.2, 0.25) is 0 Å². The quantitative estimate of drug-likeness (QED) is 0.614. The Kier molecular flexibility index (Phi) is 8.63. The van der Waals surface area contributed by atoms with E-state index in [2.05, 4.69) is 16.0 Å². The van der Waals surface area contributed by atoms with Crippen molar-refractivity contribution in [3.8, 4) is 0 Å². The Balaban J connectivity index is 2.35. The van der Waals surface area contributed by atoms with Crippen LogP contribution in [0.5, 0.6) is 0 Å². The SMILES string of the molecule is CCc1ccccc1NC(=O)CNC(=O)CN(C)CC(=O)NC(C)C. The highest BCUT2D eigenvalue weighted by Crippen LogP contribution is 2.14. The third-order valence-electron chi connectivity index (χ3n) is 3.40. The third kappa shape index (κ3) is 8.30. The molecule has 0 spiro atoms. The number of para-hydroxylation sites is 1. The third-order valence-corrected chi connectivity index (χ3v) is 3.40. The van der Waals surface area contributed by atoms with E-state index in [1.165, 1.54) is 0 Å². The zero-order chi connectivity index (χ0) is 18.8. The van der Waals surface area contributed by atoms with Crippen LogP contribution in [0.3, 0.4) is 0 Å². The average molecular weight is 348 g/mol. The van der Waals surface area contributed by atoms with Crippen LogP contribution in [-0.2, 0) is 20.8 Å². The molecule has 0 unspecified atom stereocenters. The largest absolute Gasteiger partial charge is 0.353 e. The number of likely N-dealkylation sites (N-methyl/N-ethyl adjacent to an activating group) is 1. The molecule has 1 aromatic carbocycles. The molecule has 0 heterocycles. The van der Waals surface area contributed by atoms with Gasteiger partial charge in [0.1, 0.15) is 0 Å². The first-order valence-electron chi connectivity index (χ1n) is 8.44. The molecule has 0 saturated heterocycles. The summed E-state index contributed by atoms with van der Waals surface area (Å²) in [5.74, 6) is -0.729. The fraction of sp³-hybridized carbons (Fsp3) is 0.500. The summed E-state index contributed by atoms with van der Waals surface area (Å²) in [7, 11) is 1.68. The van der Waals surface area contributed by atoms with Crippen molar-refractivity contribution in [3.05, 3.63) is 29.8 Å². The molecule has 0 saturated carbocycles. The van der Waals surface area contributed by atoms with E-state index in [1.807, 2.05) is 45.0 Å².